The summed E-state index contributed by atoms with van der Waals surface area (Å²) in [5.41, 5.74) is 9.24. The smallest absolute Gasteiger partial charge is 0.126 e. The van der Waals surface area contributed by atoms with Crippen molar-refractivity contribution in [2.75, 3.05) is 0 Å². The van der Waals surface area contributed by atoms with Crippen LogP contribution in [0.4, 0.5) is 8.78 Å². The van der Waals surface area contributed by atoms with Crippen LogP contribution < -0.4 is 5.73 Å². The maximum absolute atomic E-state index is 13.5. The van der Waals surface area contributed by atoms with Crippen LogP contribution in [0.1, 0.15) is 28.3 Å². The van der Waals surface area contributed by atoms with E-state index in [2.05, 4.69) is 0 Å². The van der Waals surface area contributed by atoms with Gasteiger partial charge in [0.25, 0.3) is 0 Å². The normalized spacial score (nSPS) is 12.5. The highest BCUT2D eigenvalue weighted by atomic mass is 19.1. The molecule has 0 aliphatic heterocycles. The number of nitrogens with two attached hydrogens (primary N) is 1. The molecular weight excluding hydrogens is 244 g/mol. The van der Waals surface area contributed by atoms with Crippen LogP contribution in [0.5, 0.6) is 0 Å². The number of benzene rings is 2. The highest BCUT2D eigenvalue weighted by molar-refractivity contribution is 5.31. The first kappa shape index (κ1) is 13.7. The monoisotopic (exact) mass is 261 g/mol. The molecule has 0 bridgehead atoms. The largest absolute Gasteiger partial charge is 0.324 e. The van der Waals surface area contributed by atoms with Crippen LogP contribution in [0.2, 0.25) is 0 Å². The minimum absolute atomic E-state index is 0.260. The molecule has 0 saturated heterocycles. The lowest BCUT2D eigenvalue weighted by Gasteiger charge is -2.14. The molecule has 1 atom stereocenters. The first-order valence-electron chi connectivity index (χ1n) is 6.24. The van der Waals surface area contributed by atoms with Gasteiger partial charge in [0.1, 0.15) is 11.6 Å². The molecule has 2 aromatic rings. The van der Waals surface area contributed by atoms with Gasteiger partial charge in [-0.25, -0.2) is 8.78 Å². The number of rotatable bonds is 3. The third-order valence-corrected chi connectivity index (χ3v) is 3.38. The Hall–Kier alpha value is -1.74. The predicted molar refractivity (Wildman–Crippen MR) is 72.9 cm³/mol. The van der Waals surface area contributed by atoms with Gasteiger partial charge in [-0.15, -0.1) is 0 Å². The minimum atomic E-state index is -0.337. The van der Waals surface area contributed by atoms with E-state index in [0.717, 1.165) is 16.7 Å². The Bertz CT molecular complexity index is 593. The first-order chi connectivity index (χ1) is 8.97. The van der Waals surface area contributed by atoms with E-state index in [0.29, 0.717) is 12.0 Å². The fourth-order valence-electron chi connectivity index (χ4n) is 2.05. The van der Waals surface area contributed by atoms with Crippen molar-refractivity contribution in [3.8, 4) is 0 Å². The van der Waals surface area contributed by atoms with Gasteiger partial charge in [0.05, 0.1) is 0 Å². The fraction of sp³-hybridized carbons (Fsp3) is 0.250. The molecule has 19 heavy (non-hydrogen) atoms. The SMILES string of the molecule is Cc1ccc(C(N)Cc2cc(F)ccc2C)cc1F. The third kappa shape index (κ3) is 3.18. The number of hydrogen-bond acceptors (Lipinski definition) is 1. The second-order valence-corrected chi connectivity index (χ2v) is 4.89. The van der Waals surface area contributed by atoms with Crippen LogP contribution in [0.15, 0.2) is 36.4 Å². The summed E-state index contributed by atoms with van der Waals surface area (Å²) in [7, 11) is 0. The molecule has 100 valence electrons. The number of hydrogen-bond donors (Lipinski definition) is 1. The Morgan fingerprint density at radius 1 is 1.00 bits per heavy atom. The molecule has 0 radical (unpaired) electrons. The summed E-state index contributed by atoms with van der Waals surface area (Å²) >= 11 is 0. The zero-order valence-electron chi connectivity index (χ0n) is 11.1. The first-order valence-corrected chi connectivity index (χ1v) is 6.24. The molecule has 0 aliphatic carbocycles. The van der Waals surface area contributed by atoms with Gasteiger partial charge in [0.15, 0.2) is 0 Å². The summed E-state index contributed by atoms with van der Waals surface area (Å²) in [6, 6.07) is 9.29. The molecule has 0 heterocycles. The summed E-state index contributed by atoms with van der Waals surface area (Å²) in [4.78, 5) is 0. The number of aryl methyl sites for hydroxylation is 2. The molecular formula is C16H17F2N. The highest BCUT2D eigenvalue weighted by Gasteiger charge is 2.11. The van der Waals surface area contributed by atoms with E-state index in [9.17, 15) is 8.78 Å². The van der Waals surface area contributed by atoms with E-state index < -0.39 is 0 Å². The van der Waals surface area contributed by atoms with Gasteiger partial charge >= 0.3 is 0 Å². The summed E-state index contributed by atoms with van der Waals surface area (Å²) in [6.45, 7) is 3.62. The van der Waals surface area contributed by atoms with E-state index in [4.69, 9.17) is 5.73 Å². The van der Waals surface area contributed by atoms with Gasteiger partial charge in [-0.3, -0.25) is 0 Å². The second-order valence-electron chi connectivity index (χ2n) is 4.89. The Morgan fingerprint density at radius 2 is 1.68 bits per heavy atom. The van der Waals surface area contributed by atoms with E-state index in [1.807, 2.05) is 13.0 Å². The summed E-state index contributed by atoms with van der Waals surface area (Å²) < 4.78 is 26.7. The zero-order chi connectivity index (χ0) is 14.0. The highest BCUT2D eigenvalue weighted by Crippen LogP contribution is 2.21. The van der Waals surface area contributed by atoms with Gasteiger partial charge in [0.2, 0.25) is 0 Å². The Labute approximate surface area is 112 Å². The van der Waals surface area contributed by atoms with Gasteiger partial charge in [-0.1, -0.05) is 18.2 Å². The van der Waals surface area contributed by atoms with Crippen LogP contribution in [0.25, 0.3) is 0 Å². The molecule has 3 heteroatoms. The molecule has 0 saturated carbocycles. The average Bonchev–Trinajstić information content (AvgIpc) is 2.37. The maximum atomic E-state index is 13.5. The van der Waals surface area contributed by atoms with Crippen LogP contribution >= 0.6 is 0 Å². The number of halogens is 2. The second kappa shape index (κ2) is 5.49. The van der Waals surface area contributed by atoms with Crippen LogP contribution in [-0.2, 0) is 6.42 Å². The van der Waals surface area contributed by atoms with Gasteiger partial charge in [0, 0.05) is 6.04 Å². The van der Waals surface area contributed by atoms with E-state index in [-0.39, 0.29) is 17.7 Å². The lowest BCUT2D eigenvalue weighted by molar-refractivity contribution is 0.607. The lowest BCUT2D eigenvalue weighted by Crippen LogP contribution is -2.14. The molecule has 1 unspecified atom stereocenters. The molecule has 0 spiro atoms. The van der Waals surface area contributed by atoms with Crippen molar-refractivity contribution in [3.05, 3.63) is 70.3 Å². The Morgan fingerprint density at radius 3 is 2.37 bits per heavy atom. The van der Waals surface area contributed by atoms with Crippen molar-refractivity contribution in [2.45, 2.75) is 26.3 Å². The summed E-state index contributed by atoms with van der Waals surface area (Å²) in [5.74, 6) is -0.535. The van der Waals surface area contributed by atoms with E-state index >= 15 is 0 Å². The van der Waals surface area contributed by atoms with Gasteiger partial charge in [-0.2, -0.15) is 0 Å². The molecule has 0 aliphatic rings. The Balaban J connectivity index is 2.22. The van der Waals surface area contributed by atoms with Crippen LogP contribution in [0.3, 0.4) is 0 Å². The van der Waals surface area contributed by atoms with Gasteiger partial charge < -0.3 is 5.73 Å². The molecule has 0 aromatic heterocycles. The van der Waals surface area contributed by atoms with Crippen LogP contribution in [-0.4, -0.2) is 0 Å². The third-order valence-electron chi connectivity index (χ3n) is 3.38. The fourth-order valence-corrected chi connectivity index (χ4v) is 2.05. The van der Waals surface area contributed by atoms with Crippen molar-refractivity contribution >= 4 is 0 Å². The van der Waals surface area contributed by atoms with Gasteiger partial charge in [-0.05, 0) is 60.7 Å². The molecule has 2 aromatic carbocycles. The summed E-state index contributed by atoms with van der Waals surface area (Å²) in [5, 5.41) is 0. The molecule has 1 nitrogen and oxygen atoms in total. The zero-order valence-corrected chi connectivity index (χ0v) is 11.1. The standard InChI is InChI=1S/C16H17F2N/c1-10-4-6-14(17)7-13(10)9-16(19)12-5-3-11(2)15(18)8-12/h3-8,16H,9,19H2,1-2H3. The topological polar surface area (TPSA) is 26.0 Å². The van der Waals surface area contributed by atoms with Crippen molar-refractivity contribution < 1.29 is 8.78 Å². The quantitative estimate of drug-likeness (QED) is 0.893. The summed E-state index contributed by atoms with van der Waals surface area (Å²) in [6.07, 6.45) is 0.492. The van der Waals surface area contributed by atoms with E-state index in [1.54, 1.807) is 19.1 Å². The molecule has 2 N–H and O–H groups in total. The Kier molecular flexibility index (Phi) is 3.96. The van der Waals surface area contributed by atoms with Crippen LogP contribution in [0, 0.1) is 25.5 Å². The molecule has 0 fully saturated rings. The van der Waals surface area contributed by atoms with E-state index in [1.165, 1.54) is 18.2 Å². The predicted octanol–water partition coefficient (Wildman–Crippen LogP) is 3.82. The van der Waals surface area contributed by atoms with Crippen molar-refractivity contribution in [1.29, 1.82) is 0 Å². The van der Waals surface area contributed by atoms with Crippen molar-refractivity contribution in [1.82, 2.24) is 0 Å². The molecule has 2 rings (SSSR count). The minimum Gasteiger partial charge on any atom is -0.324 e. The van der Waals surface area contributed by atoms with Crippen molar-refractivity contribution in [3.63, 3.8) is 0 Å². The van der Waals surface area contributed by atoms with Crippen molar-refractivity contribution in [2.24, 2.45) is 5.73 Å². The maximum Gasteiger partial charge on any atom is 0.126 e. The lowest BCUT2D eigenvalue weighted by atomic mass is 9.96. The average molecular weight is 261 g/mol. The molecule has 0 amide bonds.